The van der Waals surface area contributed by atoms with Gasteiger partial charge in [-0.3, -0.25) is 14.9 Å². The van der Waals surface area contributed by atoms with E-state index in [1.165, 1.54) is 38.5 Å². The number of nitrogens with one attached hydrogen (secondary N) is 1. The first-order valence-electron chi connectivity index (χ1n) is 7.51. The third-order valence-corrected chi connectivity index (χ3v) is 5.40. The van der Waals surface area contributed by atoms with E-state index in [9.17, 15) is 9.59 Å². The summed E-state index contributed by atoms with van der Waals surface area (Å²) in [4.78, 5) is 23.7. The summed E-state index contributed by atoms with van der Waals surface area (Å²) >= 11 is 0. The largest absolute Gasteiger partial charge is 0.296 e. The summed E-state index contributed by atoms with van der Waals surface area (Å²) in [5.41, 5.74) is 0. The normalized spacial score (nSPS) is 40.9. The zero-order valence-electron chi connectivity index (χ0n) is 11.2. The number of amides is 2. The highest BCUT2D eigenvalue weighted by atomic mass is 16.2. The molecule has 18 heavy (non-hydrogen) atoms. The van der Waals surface area contributed by atoms with Crippen molar-refractivity contribution in [2.75, 3.05) is 0 Å². The Balaban J connectivity index is 1.69. The van der Waals surface area contributed by atoms with Gasteiger partial charge in [-0.1, -0.05) is 39.0 Å². The maximum Gasteiger partial charge on any atom is 0.230 e. The minimum Gasteiger partial charge on any atom is -0.296 e. The lowest BCUT2D eigenvalue weighted by atomic mass is 9.79. The van der Waals surface area contributed by atoms with Gasteiger partial charge in [0.15, 0.2) is 0 Å². The first kappa shape index (κ1) is 12.2. The van der Waals surface area contributed by atoms with Crippen LogP contribution in [0.5, 0.6) is 0 Å². The topological polar surface area (TPSA) is 46.2 Å². The van der Waals surface area contributed by atoms with Crippen LogP contribution in [0.4, 0.5) is 0 Å². The van der Waals surface area contributed by atoms with Gasteiger partial charge >= 0.3 is 0 Å². The molecule has 3 rings (SSSR count). The van der Waals surface area contributed by atoms with Crippen LogP contribution in [0.1, 0.15) is 51.9 Å². The second-order valence-corrected chi connectivity index (χ2v) is 6.62. The van der Waals surface area contributed by atoms with Gasteiger partial charge in [0, 0.05) is 0 Å². The number of carbonyl (C=O) groups excluding carboxylic acids is 2. The van der Waals surface area contributed by atoms with Crippen molar-refractivity contribution in [2.24, 2.45) is 29.6 Å². The molecule has 0 aromatic rings. The van der Waals surface area contributed by atoms with E-state index in [1.54, 1.807) is 0 Å². The van der Waals surface area contributed by atoms with Crippen molar-refractivity contribution < 1.29 is 9.59 Å². The smallest absolute Gasteiger partial charge is 0.230 e. The predicted molar refractivity (Wildman–Crippen MR) is 68.6 cm³/mol. The monoisotopic (exact) mass is 249 g/mol. The molecule has 3 aliphatic rings. The Morgan fingerprint density at radius 3 is 2.44 bits per heavy atom. The third kappa shape index (κ3) is 1.98. The Labute approximate surface area is 109 Å². The van der Waals surface area contributed by atoms with E-state index in [1.807, 2.05) is 0 Å². The highest BCUT2D eigenvalue weighted by molar-refractivity contribution is 6.05. The molecule has 4 unspecified atom stereocenters. The van der Waals surface area contributed by atoms with Crippen LogP contribution >= 0.6 is 0 Å². The molecule has 2 aliphatic carbocycles. The average molecular weight is 249 g/mol. The van der Waals surface area contributed by atoms with Gasteiger partial charge in [0.2, 0.25) is 11.8 Å². The molecule has 1 saturated heterocycles. The molecular formula is C15H23NO2. The summed E-state index contributed by atoms with van der Waals surface area (Å²) in [5, 5.41) is 2.54. The molecule has 1 aliphatic heterocycles. The van der Waals surface area contributed by atoms with E-state index in [2.05, 4.69) is 12.2 Å². The van der Waals surface area contributed by atoms with Gasteiger partial charge in [-0.05, 0) is 30.6 Å². The Bertz CT molecular complexity index is 360. The number of rotatable bonds is 2. The molecular weight excluding hydrogens is 226 g/mol. The van der Waals surface area contributed by atoms with Crippen LogP contribution in [0.2, 0.25) is 0 Å². The van der Waals surface area contributed by atoms with Gasteiger partial charge in [0.05, 0.1) is 11.8 Å². The molecule has 3 heteroatoms. The molecule has 3 nitrogen and oxygen atoms in total. The van der Waals surface area contributed by atoms with Crippen LogP contribution < -0.4 is 5.32 Å². The van der Waals surface area contributed by atoms with E-state index in [0.717, 1.165) is 12.3 Å². The summed E-state index contributed by atoms with van der Waals surface area (Å²) in [5.74, 6) is 1.62. The average Bonchev–Trinajstić information content (AvgIpc) is 2.82. The van der Waals surface area contributed by atoms with Gasteiger partial charge in [-0.2, -0.15) is 0 Å². The molecule has 0 aromatic heterocycles. The van der Waals surface area contributed by atoms with Crippen molar-refractivity contribution in [3.05, 3.63) is 0 Å². The molecule has 0 aromatic carbocycles. The summed E-state index contributed by atoms with van der Waals surface area (Å²) in [7, 11) is 0. The second kappa shape index (κ2) is 4.67. The molecule has 1 N–H and O–H groups in total. The van der Waals surface area contributed by atoms with Gasteiger partial charge in [0.1, 0.15) is 0 Å². The fourth-order valence-electron chi connectivity index (χ4n) is 4.60. The molecule has 0 bridgehead atoms. The quantitative estimate of drug-likeness (QED) is 0.764. The lowest BCUT2D eigenvalue weighted by Crippen LogP contribution is -2.27. The maximum absolute atomic E-state index is 11.9. The van der Waals surface area contributed by atoms with Crippen molar-refractivity contribution >= 4 is 11.8 Å². The number of hydrogen-bond donors (Lipinski definition) is 1. The first-order chi connectivity index (χ1) is 8.66. The number of hydrogen-bond acceptors (Lipinski definition) is 2. The van der Waals surface area contributed by atoms with Crippen LogP contribution in [0.25, 0.3) is 0 Å². The Kier molecular flexibility index (Phi) is 3.16. The summed E-state index contributed by atoms with van der Waals surface area (Å²) in [6.45, 7) is 2.14. The van der Waals surface area contributed by atoms with Gasteiger partial charge in [-0.15, -0.1) is 0 Å². The van der Waals surface area contributed by atoms with E-state index < -0.39 is 0 Å². The molecule has 0 radical (unpaired) electrons. The van der Waals surface area contributed by atoms with E-state index in [4.69, 9.17) is 0 Å². The highest BCUT2D eigenvalue weighted by Gasteiger charge is 2.53. The molecule has 2 amide bonds. The van der Waals surface area contributed by atoms with Gasteiger partial charge < -0.3 is 0 Å². The number of imide groups is 1. The number of carbonyl (C=O) groups is 2. The van der Waals surface area contributed by atoms with Crippen LogP contribution in [-0.2, 0) is 9.59 Å². The molecule has 1 heterocycles. The molecule has 3 fully saturated rings. The molecule has 0 spiro atoms. The Hall–Kier alpha value is -0.860. The molecule has 100 valence electrons. The fraction of sp³-hybridized carbons (Fsp3) is 0.867. The highest BCUT2D eigenvalue weighted by Crippen LogP contribution is 2.48. The molecule has 4 atom stereocenters. The number of fused-ring (bicyclic) bond motifs is 1. The lowest BCUT2D eigenvalue weighted by Gasteiger charge is -2.26. The SMILES string of the molecule is CC1CC(CC2CCCCC2)C2C(=O)NC(=O)C12. The van der Waals surface area contributed by atoms with Crippen LogP contribution in [0.15, 0.2) is 0 Å². The summed E-state index contributed by atoms with van der Waals surface area (Å²) in [6, 6.07) is 0. The zero-order valence-corrected chi connectivity index (χ0v) is 11.2. The molecule has 2 saturated carbocycles. The second-order valence-electron chi connectivity index (χ2n) is 6.62. The first-order valence-corrected chi connectivity index (χ1v) is 7.51. The van der Waals surface area contributed by atoms with Crippen molar-refractivity contribution in [3.63, 3.8) is 0 Å². The summed E-state index contributed by atoms with van der Waals surface area (Å²) in [6.07, 6.45) is 8.99. The van der Waals surface area contributed by atoms with E-state index >= 15 is 0 Å². The fourth-order valence-corrected chi connectivity index (χ4v) is 4.60. The third-order valence-electron chi connectivity index (χ3n) is 5.40. The van der Waals surface area contributed by atoms with Crippen LogP contribution in [0.3, 0.4) is 0 Å². The summed E-state index contributed by atoms with van der Waals surface area (Å²) < 4.78 is 0. The van der Waals surface area contributed by atoms with E-state index in [-0.39, 0.29) is 23.7 Å². The van der Waals surface area contributed by atoms with Crippen LogP contribution in [-0.4, -0.2) is 11.8 Å². The van der Waals surface area contributed by atoms with Gasteiger partial charge in [0.25, 0.3) is 0 Å². The van der Waals surface area contributed by atoms with Crippen molar-refractivity contribution in [3.8, 4) is 0 Å². The predicted octanol–water partition coefficient (Wildman–Crippen LogP) is 2.50. The van der Waals surface area contributed by atoms with Gasteiger partial charge in [-0.25, -0.2) is 0 Å². The standard InChI is InChI=1S/C15H23NO2/c1-9-7-11(8-10-5-3-2-4-6-10)13-12(9)14(17)16-15(13)18/h9-13H,2-8H2,1H3,(H,16,17,18). The van der Waals surface area contributed by atoms with E-state index in [0.29, 0.717) is 11.8 Å². The Morgan fingerprint density at radius 2 is 1.72 bits per heavy atom. The zero-order chi connectivity index (χ0) is 12.7. The minimum atomic E-state index is -0.0221. The Morgan fingerprint density at radius 1 is 1.06 bits per heavy atom. The minimum absolute atomic E-state index is 0.00516. The van der Waals surface area contributed by atoms with Crippen molar-refractivity contribution in [1.29, 1.82) is 0 Å². The lowest BCUT2D eigenvalue weighted by molar-refractivity contribution is -0.127. The maximum atomic E-state index is 11.9. The van der Waals surface area contributed by atoms with Crippen molar-refractivity contribution in [2.45, 2.75) is 51.9 Å². The van der Waals surface area contributed by atoms with Crippen LogP contribution in [0, 0.1) is 29.6 Å². The van der Waals surface area contributed by atoms with Crippen molar-refractivity contribution in [1.82, 2.24) is 5.32 Å².